The largest absolute Gasteiger partial charge is 0.357 e. The lowest BCUT2D eigenvalue weighted by Crippen LogP contribution is -2.38. The molecule has 4 nitrogen and oxygen atoms in total. The Hall–Kier alpha value is -2.33. The molecule has 130 valence electrons. The Kier molecular flexibility index (Phi) is 6.07. The summed E-state index contributed by atoms with van der Waals surface area (Å²) in [4.78, 5) is 18.7. The highest BCUT2D eigenvalue weighted by Gasteiger charge is 2.20. The first-order valence-electron chi connectivity index (χ1n) is 8.59. The van der Waals surface area contributed by atoms with Crippen molar-refractivity contribution in [3.05, 3.63) is 65.3 Å². The van der Waals surface area contributed by atoms with E-state index < -0.39 is 0 Å². The first-order valence-corrected chi connectivity index (χ1v) is 8.96. The Morgan fingerprint density at radius 2 is 1.96 bits per heavy atom. The van der Waals surface area contributed by atoms with Gasteiger partial charge < -0.3 is 10.2 Å². The molecule has 0 aliphatic carbocycles. The topological polar surface area (TPSA) is 45.2 Å². The molecule has 1 aromatic heterocycles. The normalized spacial score (nSPS) is 15.5. The second kappa shape index (κ2) is 8.67. The average Bonchev–Trinajstić information content (AvgIpc) is 2.67. The molecule has 2 aromatic rings. The van der Waals surface area contributed by atoms with Gasteiger partial charge in [-0.2, -0.15) is 0 Å². The first kappa shape index (κ1) is 17.5. The second-order valence-electron chi connectivity index (χ2n) is 6.22. The molecule has 1 N–H and O–H groups in total. The van der Waals surface area contributed by atoms with E-state index in [2.05, 4.69) is 15.2 Å². The van der Waals surface area contributed by atoms with E-state index in [9.17, 15) is 4.79 Å². The molecular formula is C20H22ClN3O. The maximum absolute atomic E-state index is 12.0. The van der Waals surface area contributed by atoms with Crippen LogP contribution in [0.1, 0.15) is 18.4 Å². The number of hydrogen-bond donors (Lipinski definition) is 1. The summed E-state index contributed by atoms with van der Waals surface area (Å²) in [7, 11) is 0. The van der Waals surface area contributed by atoms with Gasteiger partial charge in [-0.15, -0.1) is 0 Å². The lowest BCUT2D eigenvalue weighted by Gasteiger charge is -2.32. The van der Waals surface area contributed by atoms with Crippen LogP contribution in [0.15, 0.2) is 54.7 Å². The number of anilines is 1. The van der Waals surface area contributed by atoms with Crippen LogP contribution in [0.25, 0.3) is 6.08 Å². The molecule has 5 heteroatoms. The Morgan fingerprint density at radius 1 is 1.20 bits per heavy atom. The highest BCUT2D eigenvalue weighted by molar-refractivity contribution is 6.32. The standard InChI is InChI=1S/C20H22ClN3O/c21-18-6-2-1-5-17(18)8-9-20(25)23-15-16-10-13-24(14-11-16)19-7-3-4-12-22-19/h1-9,12,16H,10-11,13-15H2,(H,23,25)/b9-8+. The van der Waals surface area contributed by atoms with Crippen molar-refractivity contribution in [3.8, 4) is 0 Å². The molecule has 1 aliphatic rings. The average molecular weight is 356 g/mol. The van der Waals surface area contributed by atoms with Crippen molar-refractivity contribution >= 4 is 29.4 Å². The summed E-state index contributed by atoms with van der Waals surface area (Å²) in [5.41, 5.74) is 0.850. The molecule has 0 spiro atoms. The molecule has 1 aliphatic heterocycles. The number of aromatic nitrogens is 1. The summed E-state index contributed by atoms with van der Waals surface area (Å²) in [6, 6.07) is 13.5. The first-order chi connectivity index (χ1) is 12.2. The number of amides is 1. The fourth-order valence-electron chi connectivity index (χ4n) is 2.99. The third kappa shape index (κ3) is 5.07. The molecule has 1 amide bonds. The Morgan fingerprint density at radius 3 is 2.68 bits per heavy atom. The van der Waals surface area contributed by atoms with E-state index >= 15 is 0 Å². The number of nitrogens with one attached hydrogen (secondary N) is 1. The van der Waals surface area contributed by atoms with Crippen LogP contribution in [0.2, 0.25) is 5.02 Å². The number of rotatable bonds is 5. The Bertz CT molecular complexity index is 725. The summed E-state index contributed by atoms with van der Waals surface area (Å²) in [6.45, 7) is 2.67. The van der Waals surface area contributed by atoms with E-state index in [0.29, 0.717) is 17.5 Å². The van der Waals surface area contributed by atoms with Crippen LogP contribution in [0, 0.1) is 5.92 Å². The van der Waals surface area contributed by atoms with E-state index in [-0.39, 0.29) is 5.91 Å². The summed E-state index contributed by atoms with van der Waals surface area (Å²) in [6.07, 6.45) is 7.24. The number of carbonyl (C=O) groups is 1. The minimum absolute atomic E-state index is 0.0768. The van der Waals surface area contributed by atoms with Gasteiger partial charge in [-0.25, -0.2) is 4.98 Å². The van der Waals surface area contributed by atoms with Crippen molar-refractivity contribution in [1.29, 1.82) is 0 Å². The highest BCUT2D eigenvalue weighted by Crippen LogP contribution is 2.21. The molecule has 1 aromatic carbocycles. The van der Waals surface area contributed by atoms with Gasteiger partial charge in [0.2, 0.25) is 5.91 Å². The predicted molar refractivity (Wildman–Crippen MR) is 103 cm³/mol. The zero-order chi connectivity index (χ0) is 17.5. The minimum atomic E-state index is -0.0768. The number of halogens is 1. The fraction of sp³-hybridized carbons (Fsp3) is 0.300. The molecule has 0 bridgehead atoms. The zero-order valence-corrected chi connectivity index (χ0v) is 14.8. The van der Waals surface area contributed by atoms with E-state index in [1.54, 1.807) is 12.2 Å². The number of nitrogens with zero attached hydrogens (tertiary/aromatic N) is 2. The molecule has 25 heavy (non-hydrogen) atoms. The van der Waals surface area contributed by atoms with E-state index in [1.807, 2.05) is 48.7 Å². The van der Waals surface area contributed by atoms with Gasteiger partial charge in [0.05, 0.1) is 0 Å². The van der Waals surface area contributed by atoms with Gasteiger partial charge >= 0.3 is 0 Å². The molecule has 1 saturated heterocycles. The molecular weight excluding hydrogens is 334 g/mol. The van der Waals surface area contributed by atoms with Gasteiger partial charge in [-0.3, -0.25) is 4.79 Å². The van der Waals surface area contributed by atoms with Crippen LogP contribution < -0.4 is 10.2 Å². The lowest BCUT2D eigenvalue weighted by atomic mass is 9.97. The highest BCUT2D eigenvalue weighted by atomic mass is 35.5. The molecule has 1 fully saturated rings. The smallest absolute Gasteiger partial charge is 0.244 e. The van der Waals surface area contributed by atoms with Gasteiger partial charge in [-0.05, 0) is 48.6 Å². The number of piperidine rings is 1. The van der Waals surface area contributed by atoms with Crippen molar-refractivity contribution in [2.45, 2.75) is 12.8 Å². The third-order valence-corrected chi connectivity index (χ3v) is 4.82. The van der Waals surface area contributed by atoms with Crippen LogP contribution in [0.4, 0.5) is 5.82 Å². The minimum Gasteiger partial charge on any atom is -0.357 e. The van der Waals surface area contributed by atoms with Crippen LogP contribution in [-0.2, 0) is 4.79 Å². The zero-order valence-electron chi connectivity index (χ0n) is 14.1. The maximum atomic E-state index is 12.0. The molecule has 0 unspecified atom stereocenters. The van der Waals surface area contributed by atoms with Gasteiger partial charge in [0.1, 0.15) is 5.82 Å². The van der Waals surface area contributed by atoms with Gasteiger partial charge in [0.25, 0.3) is 0 Å². The van der Waals surface area contributed by atoms with Crippen LogP contribution >= 0.6 is 11.6 Å². The number of pyridine rings is 1. The van der Waals surface area contributed by atoms with E-state index in [0.717, 1.165) is 37.3 Å². The van der Waals surface area contributed by atoms with Crippen molar-refractivity contribution in [2.75, 3.05) is 24.5 Å². The second-order valence-corrected chi connectivity index (χ2v) is 6.63. The summed E-state index contributed by atoms with van der Waals surface area (Å²) < 4.78 is 0. The third-order valence-electron chi connectivity index (χ3n) is 4.47. The van der Waals surface area contributed by atoms with Gasteiger partial charge in [0.15, 0.2) is 0 Å². The fourth-order valence-corrected chi connectivity index (χ4v) is 3.19. The number of benzene rings is 1. The van der Waals surface area contributed by atoms with Gasteiger partial charge in [-0.1, -0.05) is 35.9 Å². The summed E-state index contributed by atoms with van der Waals surface area (Å²) >= 11 is 6.08. The van der Waals surface area contributed by atoms with Crippen LogP contribution in [-0.4, -0.2) is 30.5 Å². The number of hydrogen-bond acceptors (Lipinski definition) is 3. The molecule has 0 saturated carbocycles. The van der Waals surface area contributed by atoms with Crippen molar-refractivity contribution in [3.63, 3.8) is 0 Å². The molecule has 0 atom stereocenters. The Labute approximate surface area is 153 Å². The Balaban J connectivity index is 1.42. The monoisotopic (exact) mass is 355 g/mol. The number of carbonyl (C=O) groups excluding carboxylic acids is 1. The van der Waals surface area contributed by atoms with E-state index in [4.69, 9.17) is 11.6 Å². The van der Waals surface area contributed by atoms with E-state index in [1.165, 1.54) is 0 Å². The SMILES string of the molecule is O=C(/C=C/c1ccccc1Cl)NCC1CCN(c2ccccn2)CC1. The van der Waals surface area contributed by atoms with Crippen LogP contribution in [0.5, 0.6) is 0 Å². The molecule has 0 radical (unpaired) electrons. The van der Waals surface area contributed by atoms with Crippen molar-refractivity contribution < 1.29 is 4.79 Å². The van der Waals surface area contributed by atoms with Crippen LogP contribution in [0.3, 0.4) is 0 Å². The molecule has 3 rings (SSSR count). The lowest BCUT2D eigenvalue weighted by molar-refractivity contribution is -0.116. The summed E-state index contributed by atoms with van der Waals surface area (Å²) in [5.74, 6) is 1.47. The predicted octanol–water partition coefficient (Wildman–Crippen LogP) is 3.78. The molecule has 2 heterocycles. The summed E-state index contributed by atoms with van der Waals surface area (Å²) in [5, 5.41) is 3.64. The maximum Gasteiger partial charge on any atom is 0.244 e. The van der Waals surface area contributed by atoms with Gasteiger partial charge in [0, 0.05) is 36.9 Å². The van der Waals surface area contributed by atoms with Crippen molar-refractivity contribution in [1.82, 2.24) is 10.3 Å². The van der Waals surface area contributed by atoms with Crippen molar-refractivity contribution in [2.24, 2.45) is 5.92 Å². The quantitative estimate of drug-likeness (QED) is 0.830.